The predicted octanol–water partition coefficient (Wildman–Crippen LogP) is 4.88. The van der Waals surface area contributed by atoms with Gasteiger partial charge in [-0.15, -0.1) is 0 Å². The number of rotatable bonds is 6. The zero-order valence-corrected chi connectivity index (χ0v) is 18.8. The maximum atomic E-state index is 13.5. The van der Waals surface area contributed by atoms with Crippen molar-refractivity contribution in [2.45, 2.75) is 23.8 Å². The van der Waals surface area contributed by atoms with Gasteiger partial charge in [0.25, 0.3) is 10.0 Å². The minimum atomic E-state index is -3.71. The lowest BCUT2D eigenvalue weighted by Gasteiger charge is -2.16. The summed E-state index contributed by atoms with van der Waals surface area (Å²) >= 11 is 0. The smallest absolute Gasteiger partial charge is 0.268 e. The van der Waals surface area contributed by atoms with Crippen LogP contribution in [0.2, 0.25) is 0 Å². The van der Waals surface area contributed by atoms with Gasteiger partial charge in [-0.2, -0.15) is 0 Å². The van der Waals surface area contributed by atoms with Gasteiger partial charge in [0, 0.05) is 24.7 Å². The Kier molecular flexibility index (Phi) is 5.49. The van der Waals surface area contributed by atoms with Crippen LogP contribution in [0.4, 0.5) is 0 Å². The second-order valence-electron chi connectivity index (χ2n) is 8.28. The molecule has 0 aliphatic carbocycles. The third-order valence-corrected chi connectivity index (χ3v) is 7.97. The van der Waals surface area contributed by atoms with Gasteiger partial charge in [-0.3, -0.25) is 4.90 Å². The molecule has 1 saturated heterocycles. The fourth-order valence-electron chi connectivity index (χ4n) is 4.63. The van der Waals surface area contributed by atoms with Crippen LogP contribution in [0.1, 0.15) is 23.5 Å². The molecule has 0 radical (unpaired) electrons. The summed E-state index contributed by atoms with van der Waals surface area (Å²) in [6, 6.07) is 24.8. The van der Waals surface area contributed by atoms with Gasteiger partial charge >= 0.3 is 0 Å². The Balaban J connectivity index is 1.48. The first-order valence-electron chi connectivity index (χ1n) is 10.8. The maximum Gasteiger partial charge on any atom is 0.268 e. The topological polar surface area (TPSA) is 51.5 Å². The minimum Gasteiger partial charge on any atom is -0.497 e. The lowest BCUT2D eigenvalue weighted by atomic mass is 9.98. The molecular weight excluding hydrogens is 420 g/mol. The molecule has 1 aromatic heterocycles. The van der Waals surface area contributed by atoms with E-state index in [0.717, 1.165) is 42.5 Å². The summed E-state index contributed by atoms with van der Waals surface area (Å²) in [5, 5.41) is 1.01. The van der Waals surface area contributed by atoms with Crippen LogP contribution in [0.25, 0.3) is 10.9 Å². The van der Waals surface area contributed by atoms with Gasteiger partial charge in [0.05, 0.1) is 17.5 Å². The van der Waals surface area contributed by atoms with Crippen molar-refractivity contribution in [3.8, 4) is 5.75 Å². The first-order valence-corrected chi connectivity index (χ1v) is 12.3. The average Bonchev–Trinajstić information content (AvgIpc) is 3.45. The Labute approximate surface area is 188 Å². The van der Waals surface area contributed by atoms with E-state index in [9.17, 15) is 8.42 Å². The summed E-state index contributed by atoms with van der Waals surface area (Å²) in [6.45, 7) is 2.84. The van der Waals surface area contributed by atoms with Crippen molar-refractivity contribution in [2.24, 2.45) is 0 Å². The highest BCUT2D eigenvalue weighted by atomic mass is 32.2. The van der Waals surface area contributed by atoms with Gasteiger partial charge in [-0.1, -0.05) is 48.5 Å². The van der Waals surface area contributed by atoms with Gasteiger partial charge < -0.3 is 4.74 Å². The number of nitrogens with zero attached hydrogens (tertiary/aromatic N) is 2. The fourth-order valence-corrected chi connectivity index (χ4v) is 6.01. The van der Waals surface area contributed by atoms with Crippen molar-refractivity contribution >= 4 is 20.9 Å². The number of likely N-dealkylation sites (tertiary alicyclic amines) is 1. The number of hydrogen-bond acceptors (Lipinski definition) is 4. The zero-order valence-electron chi connectivity index (χ0n) is 18.0. The van der Waals surface area contributed by atoms with Gasteiger partial charge in [0.2, 0.25) is 0 Å². The van der Waals surface area contributed by atoms with Crippen molar-refractivity contribution in [2.75, 3.05) is 20.2 Å². The second-order valence-corrected chi connectivity index (χ2v) is 10.1. The first kappa shape index (κ1) is 20.8. The van der Waals surface area contributed by atoms with Gasteiger partial charge in [-0.25, -0.2) is 12.4 Å². The molecule has 5 nitrogen and oxygen atoms in total. The fraction of sp³-hybridized carbons (Fsp3) is 0.231. The number of methoxy groups -OCH3 is 1. The van der Waals surface area contributed by atoms with Crippen LogP contribution in [-0.4, -0.2) is 37.5 Å². The van der Waals surface area contributed by atoms with Gasteiger partial charge in [0.1, 0.15) is 5.75 Å². The molecule has 5 rings (SSSR count). The molecule has 4 aromatic rings. The highest BCUT2D eigenvalue weighted by molar-refractivity contribution is 7.90. The average molecular weight is 447 g/mol. The van der Waals surface area contributed by atoms with Crippen LogP contribution in [0, 0.1) is 0 Å². The lowest BCUT2D eigenvalue weighted by Crippen LogP contribution is -2.19. The number of ether oxygens (including phenoxy) is 1. The highest BCUT2D eigenvalue weighted by Crippen LogP contribution is 2.36. The van der Waals surface area contributed by atoms with Crippen LogP contribution < -0.4 is 4.74 Å². The van der Waals surface area contributed by atoms with E-state index >= 15 is 0 Å². The van der Waals surface area contributed by atoms with Crippen LogP contribution >= 0.6 is 0 Å². The van der Waals surface area contributed by atoms with E-state index in [1.165, 1.54) is 9.54 Å². The van der Waals surface area contributed by atoms with Crippen LogP contribution in [-0.2, 0) is 16.6 Å². The molecule has 3 aromatic carbocycles. The van der Waals surface area contributed by atoms with E-state index < -0.39 is 10.0 Å². The summed E-state index contributed by atoms with van der Waals surface area (Å²) in [7, 11) is -2.15. The molecule has 0 bridgehead atoms. The molecule has 1 aliphatic rings. The number of fused-ring (bicyclic) bond motifs is 1. The lowest BCUT2D eigenvalue weighted by molar-refractivity contribution is 0.327. The number of aromatic nitrogens is 1. The Morgan fingerprint density at radius 3 is 2.41 bits per heavy atom. The molecular formula is C26H26N2O3S. The molecule has 0 spiro atoms. The molecule has 1 fully saturated rings. The maximum absolute atomic E-state index is 13.5. The summed E-state index contributed by atoms with van der Waals surface area (Å²) in [4.78, 5) is 2.70. The van der Waals surface area contributed by atoms with E-state index in [1.54, 1.807) is 31.4 Å². The van der Waals surface area contributed by atoms with E-state index in [0.29, 0.717) is 11.7 Å². The van der Waals surface area contributed by atoms with Gasteiger partial charge in [0.15, 0.2) is 0 Å². The Bertz CT molecular complexity index is 1330. The van der Waals surface area contributed by atoms with Crippen molar-refractivity contribution in [3.63, 3.8) is 0 Å². The molecule has 6 heteroatoms. The number of benzene rings is 3. The zero-order chi connectivity index (χ0) is 22.1. The molecule has 0 N–H and O–H groups in total. The second kappa shape index (κ2) is 8.45. The van der Waals surface area contributed by atoms with E-state index in [4.69, 9.17) is 4.74 Å². The van der Waals surface area contributed by atoms with Crippen LogP contribution in [0.3, 0.4) is 0 Å². The third-order valence-electron chi connectivity index (χ3n) is 6.29. The van der Waals surface area contributed by atoms with Crippen molar-refractivity contribution in [1.82, 2.24) is 8.87 Å². The van der Waals surface area contributed by atoms with Crippen LogP contribution in [0.15, 0.2) is 90.0 Å². The predicted molar refractivity (Wildman–Crippen MR) is 127 cm³/mol. The van der Waals surface area contributed by atoms with E-state index in [1.807, 2.05) is 36.5 Å². The minimum absolute atomic E-state index is 0.253. The van der Waals surface area contributed by atoms with Gasteiger partial charge in [-0.05, 0) is 60.3 Å². The molecule has 2 heterocycles. The molecule has 1 atom stereocenters. The monoisotopic (exact) mass is 446 g/mol. The van der Waals surface area contributed by atoms with Crippen molar-refractivity contribution < 1.29 is 13.2 Å². The first-order chi connectivity index (χ1) is 15.6. The summed E-state index contributed by atoms with van der Waals surface area (Å²) in [5.41, 5.74) is 3.13. The Morgan fingerprint density at radius 1 is 0.938 bits per heavy atom. The normalized spacial score (nSPS) is 17.1. The quantitative estimate of drug-likeness (QED) is 0.424. The van der Waals surface area contributed by atoms with E-state index in [-0.39, 0.29) is 4.90 Å². The highest BCUT2D eigenvalue weighted by Gasteiger charge is 2.29. The molecule has 1 unspecified atom stereocenters. The van der Waals surface area contributed by atoms with E-state index in [2.05, 4.69) is 29.2 Å². The molecule has 32 heavy (non-hydrogen) atoms. The SMILES string of the molecule is COc1ccc(S(=O)(=O)n2cc(C3CCN(Cc4ccccc4)C3)c3ccccc32)cc1. The largest absolute Gasteiger partial charge is 0.497 e. The Morgan fingerprint density at radius 2 is 1.66 bits per heavy atom. The number of hydrogen-bond donors (Lipinski definition) is 0. The summed E-state index contributed by atoms with van der Waals surface area (Å²) in [5.74, 6) is 0.933. The third kappa shape index (κ3) is 3.80. The van der Waals surface area contributed by atoms with Crippen molar-refractivity contribution in [1.29, 1.82) is 0 Å². The molecule has 0 amide bonds. The molecule has 164 valence electrons. The van der Waals surface area contributed by atoms with Crippen molar-refractivity contribution in [3.05, 3.63) is 96.2 Å². The van der Waals surface area contributed by atoms with Crippen LogP contribution in [0.5, 0.6) is 5.75 Å². The standard InChI is InChI=1S/C26H26N2O3S/c1-31-22-11-13-23(14-12-22)32(29,30)28-19-25(24-9-5-6-10-26(24)28)21-15-16-27(18-21)17-20-7-3-2-4-8-20/h2-14,19,21H,15-18H2,1H3. The summed E-state index contributed by atoms with van der Waals surface area (Å²) in [6.07, 6.45) is 2.85. The molecule has 0 saturated carbocycles. The molecule has 1 aliphatic heterocycles. The Hall–Kier alpha value is -3.09. The summed E-state index contributed by atoms with van der Waals surface area (Å²) < 4.78 is 33.6. The number of para-hydroxylation sites is 1.